The number of carbonyl (C=O) groups excluding carboxylic acids is 1. The van der Waals surface area contributed by atoms with Crippen LogP contribution in [0, 0.1) is 24.6 Å². The molecular formula is C33H34ClFN6O4S. The first-order valence-electron chi connectivity index (χ1n) is 14.9. The van der Waals surface area contributed by atoms with Crippen LogP contribution in [0.2, 0.25) is 5.02 Å². The lowest BCUT2D eigenvalue weighted by Crippen LogP contribution is -2.35. The molecule has 6 rings (SSSR count). The van der Waals surface area contributed by atoms with Crippen molar-refractivity contribution >= 4 is 49.8 Å². The van der Waals surface area contributed by atoms with E-state index in [2.05, 4.69) is 11.6 Å². The minimum atomic E-state index is -4.13. The molecule has 2 saturated heterocycles. The molecule has 2 aliphatic rings. The molecule has 2 N–H and O–H groups in total. The van der Waals surface area contributed by atoms with Crippen LogP contribution in [-0.2, 0) is 14.6 Å². The number of hydrogen-bond donors (Lipinski definition) is 1. The lowest BCUT2D eigenvalue weighted by atomic mass is 10.0. The van der Waals surface area contributed by atoms with Gasteiger partial charge in [0.1, 0.15) is 11.5 Å². The number of amides is 1. The molecule has 4 aromatic rings. The average Bonchev–Trinajstić information content (AvgIpc) is 3.56. The first-order valence-corrected chi connectivity index (χ1v) is 17.2. The molecule has 2 aliphatic heterocycles. The molecule has 46 heavy (non-hydrogen) atoms. The molecule has 0 radical (unpaired) electrons. The fraction of sp³-hybridized carbons (Fsp3) is 0.333. The van der Waals surface area contributed by atoms with E-state index in [-0.39, 0.29) is 57.0 Å². The second-order valence-corrected chi connectivity index (χ2v) is 14.7. The summed E-state index contributed by atoms with van der Waals surface area (Å²) in [7, 11) is -4.13. The Morgan fingerprint density at radius 1 is 1.15 bits per heavy atom. The largest absolute Gasteiger partial charge is 0.398 e. The highest BCUT2D eigenvalue weighted by molar-refractivity contribution is 7.90. The SMILES string of the molecule is C=CC(=O)N1C[C@@H]2CN(c3c(S(C)(=O)=O)c(=O)n(-c4c(C)ccnc4C(C)C)c4nc(-c5c(N)cccc5F)c(Cl)cc34)C[C@@H]2C1. The Morgan fingerprint density at radius 3 is 2.41 bits per heavy atom. The van der Waals surface area contributed by atoms with E-state index in [1.807, 2.05) is 18.7 Å². The molecular weight excluding hydrogens is 631 g/mol. The van der Waals surface area contributed by atoms with Crippen LogP contribution in [0.25, 0.3) is 28.0 Å². The van der Waals surface area contributed by atoms with E-state index >= 15 is 4.39 Å². The molecule has 5 heterocycles. The molecule has 1 amide bonds. The van der Waals surface area contributed by atoms with Gasteiger partial charge in [-0.2, -0.15) is 0 Å². The van der Waals surface area contributed by atoms with Gasteiger partial charge in [-0.1, -0.05) is 38.1 Å². The maximum absolute atomic E-state index is 15.3. The van der Waals surface area contributed by atoms with E-state index in [9.17, 15) is 18.0 Å². The fourth-order valence-electron chi connectivity index (χ4n) is 6.84. The highest BCUT2D eigenvalue weighted by Gasteiger charge is 2.43. The lowest BCUT2D eigenvalue weighted by molar-refractivity contribution is -0.125. The average molecular weight is 665 g/mol. The van der Waals surface area contributed by atoms with Gasteiger partial charge in [-0.05, 0) is 48.7 Å². The number of hydrogen-bond acceptors (Lipinski definition) is 8. The van der Waals surface area contributed by atoms with E-state index in [1.165, 1.54) is 34.9 Å². The number of nitrogens with zero attached hydrogens (tertiary/aromatic N) is 5. The van der Waals surface area contributed by atoms with E-state index in [0.29, 0.717) is 48.5 Å². The van der Waals surface area contributed by atoms with Gasteiger partial charge >= 0.3 is 0 Å². The smallest absolute Gasteiger partial charge is 0.277 e. The number of nitrogens with two attached hydrogens (primary N) is 1. The standard InChI is InChI=1S/C33H34ClFN6O4S/c1-6-25(42)39-13-19-15-40(16-20(19)14-39)30-21-12-22(34)28(26-23(35)8-7-9-24(26)36)38-32(21)41(33(43)31(30)46(5,44)45)29-18(4)10-11-37-27(29)17(2)3/h6-12,17,19-20H,1,13-16,36H2,2-5H3/t19-,20+. The number of carbonyl (C=O) groups is 1. The monoisotopic (exact) mass is 664 g/mol. The van der Waals surface area contributed by atoms with Crippen LogP contribution in [0.3, 0.4) is 0 Å². The van der Waals surface area contributed by atoms with Gasteiger partial charge < -0.3 is 15.5 Å². The molecule has 0 saturated carbocycles. The number of likely N-dealkylation sites (tertiary alicyclic amines) is 1. The van der Waals surface area contributed by atoms with Crippen molar-refractivity contribution in [3.63, 3.8) is 0 Å². The topological polar surface area (TPSA) is 131 Å². The Hall–Kier alpha value is -4.29. The molecule has 2 atom stereocenters. The fourth-order valence-corrected chi connectivity index (χ4v) is 8.08. The third kappa shape index (κ3) is 5.13. The Labute approximate surface area is 271 Å². The predicted molar refractivity (Wildman–Crippen MR) is 178 cm³/mol. The Morgan fingerprint density at radius 2 is 1.83 bits per heavy atom. The summed E-state index contributed by atoms with van der Waals surface area (Å²) in [6.07, 6.45) is 3.92. The zero-order chi connectivity index (χ0) is 33.2. The van der Waals surface area contributed by atoms with Crippen molar-refractivity contribution in [2.45, 2.75) is 31.6 Å². The van der Waals surface area contributed by atoms with E-state index in [0.717, 1.165) is 6.26 Å². The minimum absolute atomic E-state index is 0.0143. The number of anilines is 2. The zero-order valence-corrected chi connectivity index (χ0v) is 27.5. The van der Waals surface area contributed by atoms with Gasteiger partial charge in [0.2, 0.25) is 5.91 Å². The van der Waals surface area contributed by atoms with Crippen molar-refractivity contribution in [3.8, 4) is 16.9 Å². The Balaban J connectivity index is 1.71. The molecule has 0 bridgehead atoms. The highest BCUT2D eigenvalue weighted by atomic mass is 35.5. The van der Waals surface area contributed by atoms with Crippen LogP contribution in [0.4, 0.5) is 15.8 Å². The molecule has 0 unspecified atom stereocenters. The number of fused-ring (bicyclic) bond motifs is 2. The second-order valence-electron chi connectivity index (χ2n) is 12.4. The maximum Gasteiger partial charge on any atom is 0.277 e. The van der Waals surface area contributed by atoms with Crippen LogP contribution in [0.5, 0.6) is 0 Å². The maximum atomic E-state index is 15.3. The quantitative estimate of drug-likeness (QED) is 0.231. The zero-order valence-electron chi connectivity index (χ0n) is 25.9. The van der Waals surface area contributed by atoms with Crippen molar-refractivity contribution in [2.24, 2.45) is 11.8 Å². The van der Waals surface area contributed by atoms with Gasteiger partial charge in [-0.3, -0.25) is 19.1 Å². The summed E-state index contributed by atoms with van der Waals surface area (Å²) in [5.74, 6) is -0.867. The molecule has 1 aromatic carbocycles. The van der Waals surface area contributed by atoms with E-state index < -0.39 is 26.1 Å². The summed E-state index contributed by atoms with van der Waals surface area (Å²) in [4.78, 5) is 39.6. The Bertz CT molecular complexity index is 2080. The number of rotatable bonds is 6. The molecule has 240 valence electrons. The van der Waals surface area contributed by atoms with Crippen molar-refractivity contribution in [3.05, 3.63) is 81.6 Å². The number of nitrogen functional groups attached to an aromatic ring is 1. The van der Waals surface area contributed by atoms with Crippen LogP contribution < -0.4 is 16.2 Å². The van der Waals surface area contributed by atoms with Crippen molar-refractivity contribution in [1.29, 1.82) is 0 Å². The number of halogens is 2. The molecule has 0 aliphatic carbocycles. The number of pyridine rings is 3. The molecule has 3 aromatic heterocycles. The van der Waals surface area contributed by atoms with Crippen LogP contribution in [-0.4, -0.2) is 66.2 Å². The highest BCUT2D eigenvalue weighted by Crippen LogP contribution is 2.43. The van der Waals surface area contributed by atoms with Gasteiger partial charge in [0, 0.05) is 61.5 Å². The third-order valence-electron chi connectivity index (χ3n) is 8.90. The van der Waals surface area contributed by atoms with Gasteiger partial charge in [0.05, 0.1) is 33.3 Å². The van der Waals surface area contributed by atoms with Gasteiger partial charge in [-0.25, -0.2) is 17.8 Å². The molecule has 13 heteroatoms. The van der Waals surface area contributed by atoms with Crippen LogP contribution in [0.1, 0.15) is 31.0 Å². The summed E-state index contributed by atoms with van der Waals surface area (Å²) < 4.78 is 43.8. The molecule has 10 nitrogen and oxygen atoms in total. The number of aromatic nitrogens is 3. The van der Waals surface area contributed by atoms with Gasteiger partial charge in [0.15, 0.2) is 14.7 Å². The van der Waals surface area contributed by atoms with E-state index in [4.69, 9.17) is 22.3 Å². The summed E-state index contributed by atoms with van der Waals surface area (Å²) in [6, 6.07) is 7.50. The summed E-state index contributed by atoms with van der Waals surface area (Å²) in [6.45, 7) is 11.0. The summed E-state index contributed by atoms with van der Waals surface area (Å²) in [5.41, 5.74) is 7.37. The van der Waals surface area contributed by atoms with E-state index in [1.54, 1.807) is 24.1 Å². The predicted octanol–water partition coefficient (Wildman–Crippen LogP) is 4.74. The first kappa shape index (κ1) is 31.7. The number of benzene rings is 1. The normalized spacial score (nSPS) is 18.1. The molecule has 0 spiro atoms. The first-order chi connectivity index (χ1) is 21.7. The van der Waals surface area contributed by atoms with Crippen LogP contribution >= 0.6 is 11.6 Å². The molecule has 2 fully saturated rings. The van der Waals surface area contributed by atoms with Crippen molar-refractivity contribution in [2.75, 3.05) is 43.1 Å². The Kier molecular flexibility index (Phi) is 7.92. The van der Waals surface area contributed by atoms with Crippen molar-refractivity contribution in [1.82, 2.24) is 19.4 Å². The minimum Gasteiger partial charge on any atom is -0.398 e. The van der Waals surface area contributed by atoms with Crippen molar-refractivity contribution < 1.29 is 17.6 Å². The van der Waals surface area contributed by atoms with Gasteiger partial charge in [0.25, 0.3) is 5.56 Å². The van der Waals surface area contributed by atoms with Crippen LogP contribution in [0.15, 0.2) is 58.9 Å². The van der Waals surface area contributed by atoms with Gasteiger partial charge in [-0.15, -0.1) is 0 Å². The second kappa shape index (κ2) is 11.5. The third-order valence-corrected chi connectivity index (χ3v) is 10.3. The summed E-state index contributed by atoms with van der Waals surface area (Å²) >= 11 is 6.84. The number of sulfone groups is 1. The number of aryl methyl sites for hydroxylation is 1. The lowest BCUT2D eigenvalue weighted by Gasteiger charge is -2.28. The summed E-state index contributed by atoms with van der Waals surface area (Å²) in [5, 5.41) is 0.338.